The van der Waals surface area contributed by atoms with Gasteiger partial charge in [0, 0.05) is 39.4 Å². The monoisotopic (exact) mass is 334 g/mol. The third-order valence-corrected chi connectivity index (χ3v) is 4.38. The molecule has 24 heavy (non-hydrogen) atoms. The summed E-state index contributed by atoms with van der Waals surface area (Å²) in [5, 5.41) is 12.0. The number of nitrogens with zero attached hydrogens (tertiary/aromatic N) is 3. The van der Waals surface area contributed by atoms with Crippen LogP contribution in [-0.2, 0) is 0 Å². The van der Waals surface area contributed by atoms with Gasteiger partial charge in [-0.25, -0.2) is 4.98 Å². The Morgan fingerprint density at radius 2 is 2.29 bits per heavy atom. The average molecular weight is 334 g/mol. The molecular weight excluding hydrogens is 304 g/mol. The molecule has 2 rings (SSSR count). The molecule has 0 unspecified atom stereocenters. The number of nitrogens with one attached hydrogen (secondary N) is 1. The summed E-state index contributed by atoms with van der Waals surface area (Å²) >= 11 is 0. The fourth-order valence-corrected chi connectivity index (χ4v) is 3.11. The van der Waals surface area contributed by atoms with Crippen molar-refractivity contribution in [2.75, 3.05) is 51.3 Å². The lowest BCUT2D eigenvalue weighted by Crippen LogP contribution is -2.32. The number of hydrogen-bond acceptors (Lipinski definition) is 5. The van der Waals surface area contributed by atoms with Crippen LogP contribution in [0.3, 0.4) is 0 Å². The van der Waals surface area contributed by atoms with Crippen LogP contribution < -0.4 is 10.2 Å². The predicted octanol–water partition coefficient (Wildman–Crippen LogP) is 1.22. The highest BCUT2D eigenvalue weighted by Gasteiger charge is 2.23. The second kappa shape index (κ2) is 8.99. The van der Waals surface area contributed by atoms with Crippen LogP contribution in [0.4, 0.5) is 5.82 Å². The van der Waals surface area contributed by atoms with E-state index in [9.17, 15) is 4.79 Å². The summed E-state index contributed by atoms with van der Waals surface area (Å²) in [5.41, 5.74) is 0.577. The number of amides is 1. The Balaban J connectivity index is 1.78. The minimum atomic E-state index is -0.0684. The molecule has 1 aromatic rings. The molecule has 2 N–H and O–H groups in total. The summed E-state index contributed by atoms with van der Waals surface area (Å²) < 4.78 is 0. The van der Waals surface area contributed by atoms with E-state index >= 15 is 0 Å². The van der Waals surface area contributed by atoms with E-state index in [2.05, 4.69) is 29.0 Å². The number of aliphatic hydroxyl groups excluding tert-OH is 1. The maximum absolute atomic E-state index is 12.2. The number of aromatic nitrogens is 1. The van der Waals surface area contributed by atoms with Gasteiger partial charge in [0.2, 0.25) is 0 Å². The molecule has 1 aliphatic rings. The molecule has 6 heteroatoms. The SMILES string of the molecule is CC(C)CN1CC[C@H](CNC(=O)c2ccc(N(C)CCO)nc2)C1. The predicted molar refractivity (Wildman–Crippen MR) is 96.3 cm³/mol. The largest absolute Gasteiger partial charge is 0.395 e. The van der Waals surface area contributed by atoms with Gasteiger partial charge in [0.15, 0.2) is 0 Å². The van der Waals surface area contributed by atoms with Gasteiger partial charge in [-0.3, -0.25) is 4.79 Å². The fraction of sp³-hybridized carbons (Fsp3) is 0.667. The van der Waals surface area contributed by atoms with E-state index < -0.39 is 0 Å². The van der Waals surface area contributed by atoms with Gasteiger partial charge in [0.25, 0.3) is 5.91 Å². The number of likely N-dealkylation sites (tertiary alicyclic amines) is 1. The zero-order valence-corrected chi connectivity index (χ0v) is 15.0. The van der Waals surface area contributed by atoms with Gasteiger partial charge in [-0.2, -0.15) is 0 Å². The zero-order valence-electron chi connectivity index (χ0n) is 15.0. The average Bonchev–Trinajstić information content (AvgIpc) is 2.99. The Kier molecular flexibility index (Phi) is 6.99. The molecule has 1 aliphatic heterocycles. The quantitative estimate of drug-likeness (QED) is 0.748. The number of pyridine rings is 1. The van der Waals surface area contributed by atoms with Crippen LogP contribution >= 0.6 is 0 Å². The van der Waals surface area contributed by atoms with Gasteiger partial charge >= 0.3 is 0 Å². The molecule has 1 fully saturated rings. The van der Waals surface area contributed by atoms with E-state index in [0.29, 0.717) is 23.9 Å². The van der Waals surface area contributed by atoms with Crippen molar-refractivity contribution >= 4 is 11.7 Å². The highest BCUT2D eigenvalue weighted by atomic mass is 16.3. The minimum absolute atomic E-state index is 0.0684. The van der Waals surface area contributed by atoms with Gasteiger partial charge in [-0.1, -0.05) is 13.8 Å². The van der Waals surface area contributed by atoms with E-state index in [1.165, 1.54) is 0 Å². The second-order valence-electron chi connectivity index (χ2n) is 7.07. The molecule has 0 aromatic carbocycles. The molecule has 2 heterocycles. The van der Waals surface area contributed by atoms with Gasteiger partial charge in [0.05, 0.1) is 12.2 Å². The highest BCUT2D eigenvalue weighted by Crippen LogP contribution is 2.17. The van der Waals surface area contributed by atoms with Crippen LogP contribution in [0, 0.1) is 11.8 Å². The van der Waals surface area contributed by atoms with Crippen molar-refractivity contribution in [3.05, 3.63) is 23.9 Å². The van der Waals surface area contributed by atoms with Gasteiger partial charge in [0.1, 0.15) is 5.82 Å². The van der Waals surface area contributed by atoms with Gasteiger partial charge in [-0.05, 0) is 36.9 Å². The van der Waals surface area contributed by atoms with E-state index in [4.69, 9.17) is 5.11 Å². The van der Waals surface area contributed by atoms with Crippen molar-refractivity contribution in [2.24, 2.45) is 11.8 Å². The van der Waals surface area contributed by atoms with Crippen molar-refractivity contribution < 1.29 is 9.90 Å². The standard InChI is InChI=1S/C18H30N4O2/c1-14(2)12-22-7-6-15(13-22)10-20-18(24)16-4-5-17(19-11-16)21(3)8-9-23/h4-5,11,14-15,23H,6-10,12-13H2,1-3H3,(H,20,24)/t15-/m1/s1. The maximum Gasteiger partial charge on any atom is 0.252 e. The topological polar surface area (TPSA) is 68.7 Å². The Labute approximate surface area is 144 Å². The third kappa shape index (κ3) is 5.46. The van der Waals surface area contributed by atoms with E-state index in [0.717, 1.165) is 38.4 Å². The first kappa shape index (κ1) is 18.7. The number of carbonyl (C=O) groups excluding carboxylic acids is 1. The molecule has 1 atom stereocenters. The van der Waals surface area contributed by atoms with Crippen molar-refractivity contribution in [2.45, 2.75) is 20.3 Å². The van der Waals surface area contributed by atoms with Crippen molar-refractivity contribution in [1.29, 1.82) is 0 Å². The summed E-state index contributed by atoms with van der Waals surface area (Å²) in [5.74, 6) is 1.91. The highest BCUT2D eigenvalue weighted by molar-refractivity contribution is 5.94. The zero-order chi connectivity index (χ0) is 17.5. The lowest BCUT2D eigenvalue weighted by molar-refractivity contribution is 0.0947. The number of carbonyl (C=O) groups is 1. The van der Waals surface area contributed by atoms with Crippen LogP contribution in [0.25, 0.3) is 0 Å². The summed E-state index contributed by atoms with van der Waals surface area (Å²) in [7, 11) is 1.86. The summed E-state index contributed by atoms with van der Waals surface area (Å²) in [4.78, 5) is 20.9. The van der Waals surface area contributed by atoms with Gasteiger partial charge in [-0.15, -0.1) is 0 Å². The molecule has 0 spiro atoms. The minimum Gasteiger partial charge on any atom is -0.395 e. The smallest absolute Gasteiger partial charge is 0.252 e. The number of likely N-dealkylation sites (N-methyl/N-ethyl adjacent to an activating group) is 1. The third-order valence-electron chi connectivity index (χ3n) is 4.38. The second-order valence-corrected chi connectivity index (χ2v) is 7.07. The molecule has 1 aromatic heterocycles. The number of hydrogen-bond donors (Lipinski definition) is 2. The number of anilines is 1. The van der Waals surface area contributed by atoms with E-state index in [1.807, 2.05) is 18.0 Å². The lowest BCUT2D eigenvalue weighted by atomic mass is 10.1. The lowest BCUT2D eigenvalue weighted by Gasteiger charge is -2.18. The van der Waals surface area contributed by atoms with Crippen LogP contribution in [0.15, 0.2) is 18.3 Å². The molecular formula is C18H30N4O2. The molecule has 0 bridgehead atoms. The molecule has 6 nitrogen and oxygen atoms in total. The molecule has 1 amide bonds. The summed E-state index contributed by atoms with van der Waals surface area (Å²) in [6, 6.07) is 3.59. The molecule has 0 radical (unpaired) electrons. The Hall–Kier alpha value is -1.66. The van der Waals surface area contributed by atoms with E-state index in [1.54, 1.807) is 12.3 Å². The molecule has 1 saturated heterocycles. The van der Waals surface area contributed by atoms with Crippen LogP contribution in [-0.4, -0.2) is 67.3 Å². The summed E-state index contributed by atoms with van der Waals surface area (Å²) in [6.07, 6.45) is 2.74. The first-order valence-electron chi connectivity index (χ1n) is 8.78. The first-order chi connectivity index (χ1) is 11.5. The fourth-order valence-electron chi connectivity index (χ4n) is 3.11. The first-order valence-corrected chi connectivity index (χ1v) is 8.78. The Morgan fingerprint density at radius 3 is 2.92 bits per heavy atom. The van der Waals surface area contributed by atoms with E-state index in [-0.39, 0.29) is 12.5 Å². The van der Waals surface area contributed by atoms with Crippen molar-refractivity contribution in [1.82, 2.24) is 15.2 Å². The Morgan fingerprint density at radius 1 is 1.50 bits per heavy atom. The summed E-state index contributed by atoms with van der Waals surface area (Å²) in [6.45, 7) is 9.14. The number of aliphatic hydroxyl groups is 1. The Bertz CT molecular complexity index is 518. The van der Waals surface area contributed by atoms with Crippen molar-refractivity contribution in [3.8, 4) is 0 Å². The van der Waals surface area contributed by atoms with Crippen molar-refractivity contribution in [3.63, 3.8) is 0 Å². The van der Waals surface area contributed by atoms with Gasteiger partial charge < -0.3 is 20.2 Å². The van der Waals surface area contributed by atoms with Crippen LogP contribution in [0.5, 0.6) is 0 Å². The molecule has 134 valence electrons. The normalized spacial score (nSPS) is 18.1. The maximum atomic E-state index is 12.2. The van der Waals surface area contributed by atoms with Crippen LogP contribution in [0.2, 0.25) is 0 Å². The molecule has 0 aliphatic carbocycles. The van der Waals surface area contributed by atoms with Crippen LogP contribution in [0.1, 0.15) is 30.6 Å². The molecule has 0 saturated carbocycles. The number of rotatable bonds is 8.